The third-order valence-electron chi connectivity index (χ3n) is 2.15. The number of aryl methyl sites for hydroxylation is 1. The van der Waals surface area contributed by atoms with E-state index < -0.39 is 16.6 Å². The van der Waals surface area contributed by atoms with Crippen LogP contribution in [-0.4, -0.2) is 20.2 Å². The van der Waals surface area contributed by atoms with E-state index in [1.54, 1.807) is 19.1 Å². The summed E-state index contributed by atoms with van der Waals surface area (Å²) in [4.78, 5) is 25.0. The summed E-state index contributed by atoms with van der Waals surface area (Å²) < 4.78 is 1.25. The lowest BCUT2D eigenvalue weighted by Crippen LogP contribution is -2.13. The molecule has 2 rings (SSSR count). The van der Waals surface area contributed by atoms with E-state index in [-0.39, 0.29) is 5.69 Å². The average Bonchev–Trinajstić information content (AvgIpc) is 2.55. The Morgan fingerprint density at radius 3 is 2.81 bits per heavy atom. The molecule has 0 aliphatic carbocycles. The van der Waals surface area contributed by atoms with Gasteiger partial charge in [0.2, 0.25) is 11.3 Å². The fourth-order valence-corrected chi connectivity index (χ4v) is 1.48. The van der Waals surface area contributed by atoms with Crippen molar-refractivity contribution in [1.29, 1.82) is 0 Å². The van der Waals surface area contributed by atoms with Gasteiger partial charge < -0.3 is 15.8 Å². The Balaban J connectivity index is 2.88. The lowest BCUT2D eigenvalue weighted by atomic mass is 10.3. The molecular weight excluding hydrogens is 212 g/mol. The third-order valence-corrected chi connectivity index (χ3v) is 2.15. The highest BCUT2D eigenvalue weighted by atomic mass is 16.6. The molecule has 0 saturated heterocycles. The van der Waals surface area contributed by atoms with Gasteiger partial charge in [-0.15, -0.1) is 0 Å². The summed E-state index contributed by atoms with van der Waals surface area (Å²) in [6.45, 7) is 1.78. The van der Waals surface area contributed by atoms with Gasteiger partial charge >= 0.3 is 5.82 Å². The predicted molar refractivity (Wildman–Crippen MR) is 55.1 cm³/mol. The number of hydrogen-bond acceptors (Lipinski definition) is 4. The Morgan fingerprint density at radius 1 is 1.56 bits per heavy atom. The minimum atomic E-state index is -0.909. The number of pyridine rings is 1. The smallest absolute Gasteiger partial charge is 0.361 e. The second kappa shape index (κ2) is 3.30. The number of carbonyl (C=O) groups is 1. The van der Waals surface area contributed by atoms with Gasteiger partial charge in [-0.05, 0) is 23.5 Å². The number of carbonyl (C=O) groups excluding carboxylic acids is 1. The molecule has 1 amide bonds. The normalized spacial score (nSPS) is 10.6. The molecule has 2 N–H and O–H groups in total. The maximum atomic E-state index is 11.0. The molecule has 2 aromatic heterocycles. The van der Waals surface area contributed by atoms with Gasteiger partial charge in [-0.25, -0.2) is 0 Å². The van der Waals surface area contributed by atoms with Crippen LogP contribution >= 0.6 is 0 Å². The number of nitrogens with zero attached hydrogens (tertiary/aromatic N) is 3. The molecule has 2 heterocycles. The van der Waals surface area contributed by atoms with Crippen LogP contribution in [0.1, 0.15) is 16.1 Å². The van der Waals surface area contributed by atoms with E-state index in [4.69, 9.17) is 5.73 Å². The van der Waals surface area contributed by atoms with Crippen molar-refractivity contribution in [3.8, 4) is 0 Å². The monoisotopic (exact) mass is 220 g/mol. The Morgan fingerprint density at radius 2 is 2.25 bits per heavy atom. The minimum Gasteiger partial charge on any atom is -0.364 e. The molecule has 0 aliphatic heterocycles. The van der Waals surface area contributed by atoms with Crippen molar-refractivity contribution >= 4 is 17.4 Å². The minimum absolute atomic E-state index is 0.324. The van der Waals surface area contributed by atoms with Crippen LogP contribution in [0.15, 0.2) is 18.3 Å². The lowest BCUT2D eigenvalue weighted by Gasteiger charge is -1.95. The number of hydrogen-bond donors (Lipinski definition) is 1. The molecule has 0 aliphatic rings. The highest BCUT2D eigenvalue weighted by molar-refractivity contribution is 5.95. The zero-order chi connectivity index (χ0) is 11.9. The van der Waals surface area contributed by atoms with Crippen molar-refractivity contribution in [3.05, 3.63) is 39.7 Å². The second-order valence-electron chi connectivity index (χ2n) is 3.34. The van der Waals surface area contributed by atoms with Crippen molar-refractivity contribution < 1.29 is 9.72 Å². The molecule has 82 valence electrons. The first-order valence-corrected chi connectivity index (χ1v) is 4.43. The fraction of sp³-hybridized carbons (Fsp3) is 0.111. The maximum absolute atomic E-state index is 11.0. The lowest BCUT2D eigenvalue weighted by molar-refractivity contribution is -0.390. The van der Waals surface area contributed by atoms with Crippen LogP contribution in [0.25, 0.3) is 5.65 Å². The van der Waals surface area contributed by atoms with E-state index in [2.05, 4.69) is 4.98 Å². The zero-order valence-corrected chi connectivity index (χ0v) is 8.38. The highest BCUT2D eigenvalue weighted by Gasteiger charge is 2.26. The number of fused-ring (bicyclic) bond motifs is 1. The van der Waals surface area contributed by atoms with E-state index in [1.807, 2.05) is 0 Å². The number of amides is 1. The van der Waals surface area contributed by atoms with Gasteiger partial charge in [0, 0.05) is 6.07 Å². The van der Waals surface area contributed by atoms with Crippen molar-refractivity contribution in [2.45, 2.75) is 6.92 Å². The Labute approximate surface area is 89.7 Å². The molecular formula is C9H8N4O3. The highest BCUT2D eigenvalue weighted by Crippen LogP contribution is 2.20. The van der Waals surface area contributed by atoms with Crippen LogP contribution in [0.3, 0.4) is 0 Å². The summed E-state index contributed by atoms with van der Waals surface area (Å²) in [6.07, 6.45) is 1.53. The van der Waals surface area contributed by atoms with E-state index in [0.29, 0.717) is 5.65 Å². The fourth-order valence-electron chi connectivity index (χ4n) is 1.48. The number of aromatic nitrogens is 2. The van der Waals surface area contributed by atoms with Crippen molar-refractivity contribution in [2.75, 3.05) is 0 Å². The molecule has 16 heavy (non-hydrogen) atoms. The second-order valence-corrected chi connectivity index (χ2v) is 3.34. The van der Waals surface area contributed by atoms with Gasteiger partial charge in [-0.3, -0.25) is 4.79 Å². The largest absolute Gasteiger partial charge is 0.364 e. The molecule has 0 radical (unpaired) electrons. The van der Waals surface area contributed by atoms with Gasteiger partial charge in [0.25, 0.3) is 5.91 Å². The van der Waals surface area contributed by atoms with Crippen molar-refractivity contribution in [2.24, 2.45) is 5.73 Å². The first kappa shape index (κ1) is 10.1. The van der Waals surface area contributed by atoms with Gasteiger partial charge in [-0.2, -0.15) is 9.38 Å². The quantitative estimate of drug-likeness (QED) is 0.592. The molecule has 0 spiro atoms. The number of imidazole rings is 1. The first-order valence-electron chi connectivity index (χ1n) is 4.43. The first-order chi connectivity index (χ1) is 7.50. The van der Waals surface area contributed by atoms with Crippen LogP contribution in [0.2, 0.25) is 0 Å². The molecule has 7 nitrogen and oxygen atoms in total. The van der Waals surface area contributed by atoms with E-state index >= 15 is 0 Å². The van der Waals surface area contributed by atoms with Crippen LogP contribution in [-0.2, 0) is 0 Å². The summed E-state index contributed by atoms with van der Waals surface area (Å²) in [5.74, 6) is -1.31. The number of nitro groups is 1. The van der Waals surface area contributed by atoms with Crippen molar-refractivity contribution in [3.63, 3.8) is 0 Å². The van der Waals surface area contributed by atoms with Crippen LogP contribution in [0.4, 0.5) is 5.82 Å². The molecule has 0 saturated carbocycles. The predicted octanol–water partition coefficient (Wildman–Crippen LogP) is 0.650. The molecule has 0 unspecified atom stereocenters. The topological polar surface area (TPSA) is 104 Å². The molecule has 0 bridgehead atoms. The number of primary amides is 1. The average molecular weight is 220 g/mol. The van der Waals surface area contributed by atoms with Crippen LogP contribution in [0, 0.1) is 17.0 Å². The van der Waals surface area contributed by atoms with Crippen LogP contribution < -0.4 is 5.73 Å². The van der Waals surface area contributed by atoms with Crippen LogP contribution in [0.5, 0.6) is 0 Å². The maximum Gasteiger partial charge on any atom is 0.361 e. The molecule has 0 aromatic carbocycles. The van der Waals surface area contributed by atoms with Gasteiger partial charge in [0.1, 0.15) is 6.20 Å². The molecule has 0 atom stereocenters. The van der Waals surface area contributed by atoms with E-state index in [0.717, 1.165) is 5.56 Å². The summed E-state index contributed by atoms with van der Waals surface area (Å²) in [5.41, 5.74) is 5.86. The molecule has 7 heteroatoms. The van der Waals surface area contributed by atoms with Crippen molar-refractivity contribution in [1.82, 2.24) is 9.38 Å². The summed E-state index contributed by atoms with van der Waals surface area (Å²) >= 11 is 0. The Hall–Kier alpha value is -2.44. The zero-order valence-electron chi connectivity index (χ0n) is 8.38. The number of rotatable bonds is 2. The Bertz CT molecular complexity index is 602. The van der Waals surface area contributed by atoms with Gasteiger partial charge in [0.15, 0.2) is 0 Å². The van der Waals surface area contributed by atoms with Gasteiger partial charge in [0.05, 0.1) is 0 Å². The summed E-state index contributed by atoms with van der Waals surface area (Å²) in [5, 5.41) is 10.8. The van der Waals surface area contributed by atoms with E-state index in [9.17, 15) is 14.9 Å². The molecule has 2 aromatic rings. The van der Waals surface area contributed by atoms with Gasteiger partial charge in [-0.1, -0.05) is 0 Å². The van der Waals surface area contributed by atoms with E-state index in [1.165, 1.54) is 10.6 Å². The Kier molecular flexibility index (Phi) is 2.08. The third kappa shape index (κ3) is 1.38. The summed E-state index contributed by atoms with van der Waals surface area (Å²) in [6, 6.07) is 3.34. The SMILES string of the molecule is Cc1ccc2nc(C(N)=O)c([N+](=O)[O-])n2c1. The number of nitrogens with two attached hydrogens (primary N) is 1. The molecule has 0 fully saturated rings. The summed E-state index contributed by atoms with van der Waals surface area (Å²) in [7, 11) is 0. The standard InChI is InChI=1S/C9H8N4O3/c1-5-2-3-6-11-7(8(10)14)9(13(15)16)12(6)4-5/h2-4H,1H3,(H2,10,14).